The minimum absolute atomic E-state index is 0.209. The second-order valence-electron chi connectivity index (χ2n) is 10.9. The molecule has 3 atom stereocenters. The summed E-state index contributed by atoms with van der Waals surface area (Å²) < 4.78 is 18.9. The number of thiophene rings is 1. The van der Waals surface area contributed by atoms with Gasteiger partial charge in [-0.3, -0.25) is 4.90 Å². The van der Waals surface area contributed by atoms with Gasteiger partial charge in [0.2, 0.25) is 0 Å². The number of carbonyl (C=O) groups is 2. The van der Waals surface area contributed by atoms with Crippen LogP contribution in [0.25, 0.3) is 10.1 Å². The van der Waals surface area contributed by atoms with E-state index in [1.54, 1.807) is 7.11 Å². The van der Waals surface area contributed by atoms with E-state index in [1.807, 2.05) is 29.5 Å². The summed E-state index contributed by atoms with van der Waals surface area (Å²) in [7, 11) is 1.74. The van der Waals surface area contributed by atoms with Gasteiger partial charge in [0.15, 0.2) is 11.5 Å². The Hall–Kier alpha value is -3.34. The van der Waals surface area contributed by atoms with Crippen LogP contribution >= 0.6 is 11.3 Å². The molecule has 1 aromatic heterocycles. The van der Waals surface area contributed by atoms with E-state index >= 15 is 0 Å². The number of para-hydroxylation sites is 1. The molecule has 0 spiro atoms. The molecule has 2 aliphatic heterocycles. The topological polar surface area (TPSA) is 126 Å². The third-order valence-electron chi connectivity index (χ3n) is 7.29. The second-order valence-corrected chi connectivity index (χ2v) is 12.1. The first-order valence-electron chi connectivity index (χ1n) is 13.4. The van der Waals surface area contributed by atoms with Crippen molar-refractivity contribution in [3.05, 3.63) is 52.9 Å². The predicted octanol–water partition coefficient (Wildman–Crippen LogP) is 4.79. The molecule has 2 aromatic carbocycles. The molecule has 9 nitrogen and oxygen atoms in total. The van der Waals surface area contributed by atoms with Crippen LogP contribution in [-0.2, 0) is 16.0 Å². The number of hydrogen-bond donors (Lipinski definition) is 3. The molecule has 216 valence electrons. The van der Waals surface area contributed by atoms with Crippen LogP contribution in [0.3, 0.4) is 0 Å². The molecule has 0 radical (unpaired) electrons. The first-order valence-corrected chi connectivity index (χ1v) is 14.2. The number of rotatable bonds is 7. The minimum atomic E-state index is -1.82. The monoisotopic (exact) mass is 571 g/mol. The number of hydrogen-bond acceptors (Lipinski definition) is 8. The Morgan fingerprint density at radius 2 is 1.85 bits per heavy atom. The Morgan fingerprint density at radius 1 is 1.15 bits per heavy atom. The van der Waals surface area contributed by atoms with E-state index in [0.29, 0.717) is 18.5 Å². The summed E-state index contributed by atoms with van der Waals surface area (Å²) in [5.41, 5.74) is 0.964. The van der Waals surface area contributed by atoms with E-state index in [-0.39, 0.29) is 12.2 Å². The maximum atomic E-state index is 10.7. The number of aliphatic carboxylic acids is 2. The van der Waals surface area contributed by atoms with Crippen LogP contribution < -0.4 is 14.2 Å². The first kappa shape index (κ1) is 29.6. The van der Waals surface area contributed by atoms with Crippen molar-refractivity contribution < 1.29 is 39.1 Å². The van der Waals surface area contributed by atoms with Crippen LogP contribution in [0.1, 0.15) is 50.0 Å². The fourth-order valence-electron chi connectivity index (χ4n) is 5.39. The molecule has 10 heteroatoms. The van der Waals surface area contributed by atoms with E-state index in [4.69, 9.17) is 34.0 Å². The second kappa shape index (κ2) is 12.4. The Labute approximate surface area is 237 Å². The molecule has 1 fully saturated rings. The summed E-state index contributed by atoms with van der Waals surface area (Å²) in [4.78, 5) is 22.0. The summed E-state index contributed by atoms with van der Waals surface area (Å²) in [5.74, 6) is -0.589. The highest BCUT2D eigenvalue weighted by molar-refractivity contribution is 7.19. The van der Waals surface area contributed by atoms with E-state index in [1.165, 1.54) is 20.5 Å². The lowest BCUT2D eigenvalue weighted by atomic mass is 9.90. The fraction of sp³-hybridized carbons (Fsp3) is 0.467. The van der Waals surface area contributed by atoms with Gasteiger partial charge in [-0.1, -0.05) is 18.2 Å². The number of likely N-dealkylation sites (tertiary alicyclic amines) is 1. The van der Waals surface area contributed by atoms with Gasteiger partial charge in [-0.15, -0.1) is 11.3 Å². The quantitative estimate of drug-likeness (QED) is 0.343. The standard InChI is InChI=1S/C28H35NO4S.C2H2O4/c1-18-13-19(26-14-22-23(31-4)8-6-10-25(22)34-26)11-12-29(18)16-21(30)17-32-24-9-5-7-20-15-28(2,3)33-27(20)24;3-1(4)2(5)6/h5-10,14,18-19,21,30H,11-13,15-17H2,1-4H3;(H,3,4)(H,5,6)/t18-,19-,21+;/m1./s1. The highest BCUT2D eigenvalue weighted by Gasteiger charge is 2.33. The summed E-state index contributed by atoms with van der Waals surface area (Å²) in [6.07, 6.45) is 2.53. The van der Waals surface area contributed by atoms with Gasteiger partial charge in [0.25, 0.3) is 0 Å². The molecular formula is C30H37NO8S. The molecule has 0 amide bonds. The van der Waals surface area contributed by atoms with Gasteiger partial charge >= 0.3 is 11.9 Å². The smallest absolute Gasteiger partial charge is 0.414 e. The Balaban J connectivity index is 0.000000557. The number of nitrogens with zero attached hydrogens (tertiary/aromatic N) is 1. The van der Waals surface area contributed by atoms with Crippen molar-refractivity contribution in [2.75, 3.05) is 26.8 Å². The van der Waals surface area contributed by atoms with E-state index in [0.717, 1.165) is 43.1 Å². The number of β-amino-alcohol motifs (C(OH)–C–C–N with tert-alkyl or cyclic N) is 1. The highest BCUT2D eigenvalue weighted by atomic mass is 32.1. The number of carboxylic acid groups (broad SMARTS) is 2. The number of benzene rings is 2. The van der Waals surface area contributed by atoms with Crippen molar-refractivity contribution in [2.45, 2.75) is 63.7 Å². The van der Waals surface area contributed by atoms with Crippen molar-refractivity contribution in [1.29, 1.82) is 0 Å². The zero-order valence-electron chi connectivity index (χ0n) is 23.3. The molecule has 40 heavy (non-hydrogen) atoms. The molecule has 0 unspecified atom stereocenters. The van der Waals surface area contributed by atoms with Gasteiger partial charge in [0.1, 0.15) is 24.1 Å². The highest BCUT2D eigenvalue weighted by Crippen LogP contribution is 2.42. The minimum Gasteiger partial charge on any atom is -0.496 e. The van der Waals surface area contributed by atoms with Gasteiger partial charge in [0.05, 0.1) is 7.11 Å². The first-order chi connectivity index (χ1) is 19.0. The lowest BCUT2D eigenvalue weighted by Gasteiger charge is -2.38. The maximum absolute atomic E-state index is 10.7. The molecule has 0 aliphatic carbocycles. The molecule has 2 aliphatic rings. The van der Waals surface area contributed by atoms with Crippen LogP contribution in [0.4, 0.5) is 0 Å². The number of carboxylic acids is 2. The lowest BCUT2D eigenvalue weighted by molar-refractivity contribution is -0.159. The normalized spacial score (nSPS) is 20.5. The van der Waals surface area contributed by atoms with Crippen molar-refractivity contribution in [3.63, 3.8) is 0 Å². The van der Waals surface area contributed by atoms with Crippen molar-refractivity contribution >= 4 is 33.4 Å². The predicted molar refractivity (Wildman–Crippen MR) is 153 cm³/mol. The third-order valence-corrected chi connectivity index (χ3v) is 8.55. The molecule has 0 saturated carbocycles. The molecule has 0 bridgehead atoms. The Bertz CT molecular complexity index is 1340. The molecule has 3 aromatic rings. The summed E-state index contributed by atoms with van der Waals surface area (Å²) in [6.45, 7) is 8.32. The largest absolute Gasteiger partial charge is 0.496 e. The number of ether oxygens (including phenoxy) is 3. The van der Waals surface area contributed by atoms with Gasteiger partial charge in [0, 0.05) is 39.5 Å². The van der Waals surface area contributed by atoms with Gasteiger partial charge in [-0.2, -0.15) is 0 Å². The van der Waals surface area contributed by atoms with Crippen molar-refractivity contribution in [1.82, 2.24) is 4.90 Å². The van der Waals surface area contributed by atoms with E-state index < -0.39 is 18.0 Å². The van der Waals surface area contributed by atoms with Crippen LogP contribution in [0.2, 0.25) is 0 Å². The molecule has 1 saturated heterocycles. The molecule has 3 N–H and O–H groups in total. The number of aliphatic hydroxyl groups is 1. The van der Waals surface area contributed by atoms with Gasteiger partial charge in [-0.25, -0.2) is 9.59 Å². The van der Waals surface area contributed by atoms with Crippen molar-refractivity contribution in [3.8, 4) is 17.2 Å². The van der Waals surface area contributed by atoms with Crippen LogP contribution in [0.15, 0.2) is 42.5 Å². The zero-order chi connectivity index (χ0) is 29.0. The Morgan fingerprint density at radius 3 is 2.52 bits per heavy atom. The van der Waals surface area contributed by atoms with Gasteiger partial charge < -0.3 is 29.5 Å². The third kappa shape index (κ3) is 7.04. The van der Waals surface area contributed by atoms with Crippen LogP contribution in [0.5, 0.6) is 17.2 Å². The van der Waals surface area contributed by atoms with E-state index in [2.05, 4.69) is 49.9 Å². The number of piperidine rings is 1. The number of aliphatic hydroxyl groups excluding tert-OH is 1. The lowest BCUT2D eigenvalue weighted by Crippen LogP contribution is -2.45. The number of methoxy groups -OCH3 is 1. The fourth-order valence-corrected chi connectivity index (χ4v) is 6.62. The maximum Gasteiger partial charge on any atom is 0.414 e. The average Bonchev–Trinajstić information content (AvgIpc) is 3.48. The average molecular weight is 572 g/mol. The number of fused-ring (bicyclic) bond motifs is 2. The molecule has 3 heterocycles. The molecular weight excluding hydrogens is 534 g/mol. The van der Waals surface area contributed by atoms with E-state index in [9.17, 15) is 5.11 Å². The summed E-state index contributed by atoms with van der Waals surface area (Å²) >= 11 is 1.89. The van der Waals surface area contributed by atoms with Gasteiger partial charge in [-0.05, 0) is 70.3 Å². The molecule has 5 rings (SSSR count). The van der Waals surface area contributed by atoms with Crippen molar-refractivity contribution in [2.24, 2.45) is 0 Å². The SMILES string of the molecule is COc1cccc2sc([C@@H]3CCN(C[C@H](O)COc4cccc5c4OC(C)(C)C5)[C@H](C)C3)cc12.O=C(O)C(=O)O. The zero-order valence-corrected chi connectivity index (χ0v) is 24.1. The summed E-state index contributed by atoms with van der Waals surface area (Å²) in [6, 6.07) is 15.0. The Kier molecular flexibility index (Phi) is 9.22. The van der Waals surface area contributed by atoms with Crippen LogP contribution in [0, 0.1) is 0 Å². The van der Waals surface area contributed by atoms with Crippen LogP contribution in [-0.4, -0.2) is 76.7 Å². The summed E-state index contributed by atoms with van der Waals surface area (Å²) in [5, 5.41) is 26.7.